The number of methoxy groups -OCH3 is 1. The number of pyridine rings is 1. The molecule has 2 amide bonds. The topological polar surface area (TPSA) is 76.5 Å². The summed E-state index contributed by atoms with van der Waals surface area (Å²) in [5.41, 5.74) is 1.37. The Balaban J connectivity index is 1.67. The predicted molar refractivity (Wildman–Crippen MR) is 111 cm³/mol. The molecule has 0 saturated carbocycles. The fraction of sp³-hybridized carbons (Fsp3) is 0.190. The van der Waals surface area contributed by atoms with E-state index in [0.29, 0.717) is 34.4 Å². The number of carbonyl (C=O) groups excluding carboxylic acids is 2. The van der Waals surface area contributed by atoms with E-state index in [1.165, 1.54) is 13.3 Å². The quantitative estimate of drug-likeness (QED) is 0.677. The van der Waals surface area contributed by atoms with Crippen molar-refractivity contribution < 1.29 is 18.7 Å². The normalized spacial score (nSPS) is 15.7. The molecule has 7 nitrogen and oxygen atoms in total. The molecule has 0 aliphatic carbocycles. The Morgan fingerprint density at radius 3 is 2.83 bits per heavy atom. The maximum atomic E-state index is 13.4. The maximum Gasteiger partial charge on any atom is 0.277 e. The zero-order valence-corrected chi connectivity index (χ0v) is 17.0. The van der Waals surface area contributed by atoms with Crippen molar-refractivity contribution in [3.05, 3.63) is 71.0 Å². The molecule has 1 aliphatic heterocycles. The first kappa shape index (κ1) is 19.9. The zero-order chi connectivity index (χ0) is 21.4. The van der Waals surface area contributed by atoms with E-state index >= 15 is 0 Å². The van der Waals surface area contributed by atoms with Crippen LogP contribution in [0.1, 0.15) is 33.8 Å². The van der Waals surface area contributed by atoms with Crippen LogP contribution < -0.4 is 15.0 Å². The minimum Gasteiger partial charge on any atom is -0.495 e. The lowest BCUT2D eigenvalue weighted by Gasteiger charge is -2.33. The second-order valence-corrected chi connectivity index (χ2v) is 7.32. The molecule has 0 radical (unpaired) electrons. The van der Waals surface area contributed by atoms with Crippen LogP contribution in [0.4, 0.5) is 15.8 Å². The van der Waals surface area contributed by atoms with Crippen molar-refractivity contribution in [2.75, 3.05) is 23.9 Å². The first-order chi connectivity index (χ1) is 14.4. The largest absolute Gasteiger partial charge is 0.495 e. The number of hydrogen-bond donors (Lipinski definition) is 1. The fourth-order valence-corrected chi connectivity index (χ4v) is 3.67. The summed E-state index contributed by atoms with van der Waals surface area (Å²) < 4.78 is 20.5. The van der Waals surface area contributed by atoms with Gasteiger partial charge in [0.25, 0.3) is 11.8 Å². The molecule has 2 aromatic heterocycles. The molecule has 0 fully saturated rings. The van der Waals surface area contributed by atoms with Crippen molar-refractivity contribution in [3.8, 4) is 5.75 Å². The fourth-order valence-electron chi connectivity index (χ4n) is 3.47. The highest BCUT2D eigenvalue weighted by Crippen LogP contribution is 2.35. The van der Waals surface area contributed by atoms with E-state index in [2.05, 4.69) is 10.3 Å². The Morgan fingerprint density at radius 2 is 2.10 bits per heavy atom. The average Bonchev–Trinajstić information content (AvgIpc) is 3.15. The molecule has 1 N–H and O–H groups in total. The first-order valence-electron chi connectivity index (χ1n) is 9.17. The van der Waals surface area contributed by atoms with E-state index in [9.17, 15) is 14.0 Å². The van der Waals surface area contributed by atoms with E-state index < -0.39 is 11.7 Å². The number of nitrogens with zero attached hydrogens (tertiary/aromatic N) is 3. The number of rotatable bonds is 4. The SMILES string of the molecule is COc1cc(N2C[C@H](C)n3ccc(NC(=O)c4cncc(F)c4)c3C2=O)ccc1Cl. The lowest BCUT2D eigenvalue weighted by atomic mass is 10.1. The van der Waals surface area contributed by atoms with Gasteiger partial charge in [-0.3, -0.25) is 14.6 Å². The van der Waals surface area contributed by atoms with Crippen molar-refractivity contribution in [2.24, 2.45) is 0 Å². The average molecular weight is 429 g/mol. The highest BCUT2D eigenvalue weighted by Gasteiger charge is 2.33. The highest BCUT2D eigenvalue weighted by atomic mass is 35.5. The molecular formula is C21H18ClFN4O3. The summed E-state index contributed by atoms with van der Waals surface area (Å²) in [4.78, 5) is 31.1. The van der Waals surface area contributed by atoms with Crippen LogP contribution in [-0.2, 0) is 0 Å². The van der Waals surface area contributed by atoms with Crippen LogP contribution in [0, 0.1) is 5.82 Å². The van der Waals surface area contributed by atoms with Gasteiger partial charge in [-0.2, -0.15) is 0 Å². The lowest BCUT2D eigenvalue weighted by molar-refractivity contribution is 0.0958. The van der Waals surface area contributed by atoms with Gasteiger partial charge in [-0.25, -0.2) is 4.39 Å². The van der Waals surface area contributed by atoms with Crippen molar-refractivity contribution in [1.82, 2.24) is 9.55 Å². The Hall–Kier alpha value is -3.39. The van der Waals surface area contributed by atoms with E-state index in [4.69, 9.17) is 16.3 Å². The van der Waals surface area contributed by atoms with Gasteiger partial charge in [-0.05, 0) is 31.2 Å². The van der Waals surface area contributed by atoms with Gasteiger partial charge in [0.2, 0.25) is 0 Å². The number of nitrogens with one attached hydrogen (secondary N) is 1. The first-order valence-corrected chi connectivity index (χ1v) is 9.55. The summed E-state index contributed by atoms with van der Waals surface area (Å²) in [6.45, 7) is 2.41. The number of fused-ring (bicyclic) bond motifs is 1. The van der Waals surface area contributed by atoms with Crippen molar-refractivity contribution in [1.29, 1.82) is 0 Å². The third kappa shape index (κ3) is 3.50. The Kier molecular flexibility index (Phi) is 5.17. The van der Waals surface area contributed by atoms with Crippen LogP contribution in [0.5, 0.6) is 5.75 Å². The van der Waals surface area contributed by atoms with Gasteiger partial charge in [0, 0.05) is 36.7 Å². The molecule has 0 spiro atoms. The van der Waals surface area contributed by atoms with Gasteiger partial charge >= 0.3 is 0 Å². The van der Waals surface area contributed by atoms with Crippen molar-refractivity contribution >= 4 is 34.8 Å². The van der Waals surface area contributed by atoms with Crippen LogP contribution in [0.25, 0.3) is 0 Å². The number of anilines is 2. The molecule has 154 valence electrons. The van der Waals surface area contributed by atoms with E-state index in [1.807, 2.05) is 11.5 Å². The molecular weight excluding hydrogens is 411 g/mol. The summed E-state index contributed by atoms with van der Waals surface area (Å²) in [5.74, 6) is -0.992. The van der Waals surface area contributed by atoms with Gasteiger partial charge in [0.15, 0.2) is 0 Å². The molecule has 30 heavy (non-hydrogen) atoms. The second-order valence-electron chi connectivity index (χ2n) is 6.91. The smallest absolute Gasteiger partial charge is 0.277 e. The van der Waals surface area contributed by atoms with E-state index in [1.54, 1.807) is 35.4 Å². The molecule has 3 heterocycles. The Morgan fingerprint density at radius 1 is 1.30 bits per heavy atom. The lowest BCUT2D eigenvalue weighted by Crippen LogP contribution is -2.42. The van der Waals surface area contributed by atoms with Crippen molar-refractivity contribution in [2.45, 2.75) is 13.0 Å². The molecule has 9 heteroatoms. The van der Waals surface area contributed by atoms with Gasteiger partial charge < -0.3 is 19.5 Å². The van der Waals surface area contributed by atoms with Crippen LogP contribution in [0.2, 0.25) is 5.02 Å². The molecule has 0 saturated heterocycles. The Labute approximate surface area is 177 Å². The summed E-state index contributed by atoms with van der Waals surface area (Å²) >= 11 is 6.10. The number of aromatic nitrogens is 2. The maximum absolute atomic E-state index is 13.4. The standard InChI is InChI=1S/C21H18ClFN4O3/c1-12-11-27(15-3-4-16(22)18(8-15)30-2)21(29)19-17(5-6-26(12)19)25-20(28)13-7-14(23)10-24-9-13/h3-10,12H,11H2,1-2H3,(H,25,28)/t12-/m0/s1. The summed E-state index contributed by atoms with van der Waals surface area (Å²) in [5, 5.41) is 3.13. The molecule has 1 aromatic carbocycles. The van der Waals surface area contributed by atoms with Gasteiger partial charge in [0.05, 0.1) is 29.6 Å². The predicted octanol–water partition coefficient (Wildman–Crippen LogP) is 4.16. The number of halogens is 2. The van der Waals surface area contributed by atoms with Crippen LogP contribution in [0.3, 0.4) is 0 Å². The third-order valence-electron chi connectivity index (χ3n) is 4.95. The summed E-state index contributed by atoms with van der Waals surface area (Å²) in [7, 11) is 1.51. The van der Waals surface area contributed by atoms with Gasteiger partial charge in [0.1, 0.15) is 17.3 Å². The third-order valence-corrected chi connectivity index (χ3v) is 5.26. The van der Waals surface area contributed by atoms with E-state index in [-0.39, 0.29) is 17.5 Å². The minimum atomic E-state index is -0.617. The molecule has 1 atom stereocenters. The van der Waals surface area contributed by atoms with Gasteiger partial charge in [-0.15, -0.1) is 0 Å². The molecule has 1 aliphatic rings. The number of carbonyl (C=O) groups is 2. The second kappa shape index (κ2) is 7.79. The number of benzene rings is 1. The zero-order valence-electron chi connectivity index (χ0n) is 16.2. The molecule has 4 rings (SSSR count). The summed E-state index contributed by atoms with van der Waals surface area (Å²) in [6.07, 6.45) is 4.02. The van der Waals surface area contributed by atoms with Crippen LogP contribution in [-0.4, -0.2) is 35.0 Å². The van der Waals surface area contributed by atoms with Crippen LogP contribution in [0.15, 0.2) is 48.9 Å². The number of ether oxygens (including phenoxy) is 1. The van der Waals surface area contributed by atoms with E-state index in [0.717, 1.165) is 12.3 Å². The monoisotopic (exact) mass is 428 g/mol. The minimum absolute atomic E-state index is 0.0409. The van der Waals surface area contributed by atoms with Gasteiger partial charge in [-0.1, -0.05) is 11.6 Å². The summed E-state index contributed by atoms with van der Waals surface area (Å²) in [6, 6.07) is 7.80. The number of amides is 2. The molecule has 3 aromatic rings. The molecule has 0 bridgehead atoms. The Bertz CT molecular complexity index is 1150. The van der Waals surface area contributed by atoms with Crippen molar-refractivity contribution in [3.63, 3.8) is 0 Å². The highest BCUT2D eigenvalue weighted by molar-refractivity contribution is 6.32. The number of hydrogen-bond acceptors (Lipinski definition) is 4. The van der Waals surface area contributed by atoms with Crippen LogP contribution >= 0.6 is 11.6 Å². The molecule has 0 unspecified atom stereocenters.